The van der Waals surface area contributed by atoms with E-state index in [0.29, 0.717) is 18.0 Å². The molecule has 7 heteroatoms. The zero-order valence-corrected chi connectivity index (χ0v) is 13.8. The molecule has 0 fully saturated rings. The molecule has 2 rings (SSSR count). The number of nitrogens with two attached hydrogens (primary N) is 1. The van der Waals surface area contributed by atoms with Gasteiger partial charge in [0.15, 0.2) is 5.01 Å². The summed E-state index contributed by atoms with van der Waals surface area (Å²) >= 11 is 1.31. The van der Waals surface area contributed by atoms with Crippen molar-refractivity contribution < 1.29 is 14.3 Å². The van der Waals surface area contributed by atoms with E-state index in [0.717, 1.165) is 10.6 Å². The fourth-order valence-corrected chi connectivity index (χ4v) is 3.37. The molecule has 21 heavy (non-hydrogen) atoms. The van der Waals surface area contributed by atoms with Gasteiger partial charge < -0.3 is 10.5 Å². The topological polar surface area (TPSA) is 85.5 Å². The van der Waals surface area contributed by atoms with Crippen LogP contribution in [-0.4, -0.2) is 33.0 Å². The van der Waals surface area contributed by atoms with Gasteiger partial charge in [0.2, 0.25) is 0 Å². The molecule has 0 spiro atoms. The van der Waals surface area contributed by atoms with E-state index in [1.165, 1.54) is 11.3 Å². The number of ether oxygens (including phenoxy) is 1. The van der Waals surface area contributed by atoms with Crippen molar-refractivity contribution in [3.63, 3.8) is 0 Å². The minimum atomic E-state index is -0.548. The number of aromatic nitrogens is 1. The van der Waals surface area contributed by atoms with Crippen LogP contribution < -0.4 is 5.73 Å². The fraction of sp³-hybridized carbons (Fsp3) is 0.643. The molecule has 2 heterocycles. The monoisotopic (exact) mass is 311 g/mol. The molecule has 0 radical (unpaired) electrons. The van der Waals surface area contributed by atoms with E-state index in [1.807, 2.05) is 34.6 Å². The molecule has 0 bridgehead atoms. The Labute approximate surface area is 128 Å². The van der Waals surface area contributed by atoms with Gasteiger partial charge in [-0.05, 0) is 34.6 Å². The van der Waals surface area contributed by atoms with E-state index in [1.54, 1.807) is 4.90 Å². The second-order valence-electron chi connectivity index (χ2n) is 6.81. The summed E-state index contributed by atoms with van der Waals surface area (Å²) in [6.07, 6.45) is 0.263. The molecule has 1 aliphatic heterocycles. The van der Waals surface area contributed by atoms with Crippen molar-refractivity contribution in [3.05, 3.63) is 15.6 Å². The summed E-state index contributed by atoms with van der Waals surface area (Å²) in [4.78, 5) is 30.5. The van der Waals surface area contributed by atoms with Crippen LogP contribution in [0.15, 0.2) is 0 Å². The summed E-state index contributed by atoms with van der Waals surface area (Å²) in [5, 5.41) is 0.293. The maximum absolute atomic E-state index is 12.4. The summed E-state index contributed by atoms with van der Waals surface area (Å²) in [6, 6.07) is 0. The smallest absolute Gasteiger partial charge is 0.411 e. The van der Waals surface area contributed by atoms with E-state index in [-0.39, 0.29) is 6.09 Å². The second kappa shape index (κ2) is 4.98. The second-order valence-corrected chi connectivity index (χ2v) is 7.89. The minimum Gasteiger partial charge on any atom is -0.444 e. The highest BCUT2D eigenvalue weighted by Crippen LogP contribution is 2.34. The van der Waals surface area contributed by atoms with Gasteiger partial charge in [0.05, 0.1) is 12.2 Å². The average Bonchev–Trinajstić information content (AvgIpc) is 2.66. The summed E-state index contributed by atoms with van der Waals surface area (Å²) in [5.41, 5.74) is 5.07. The lowest BCUT2D eigenvalue weighted by Crippen LogP contribution is -2.52. The number of rotatable bonds is 1. The minimum absolute atomic E-state index is 0.293. The van der Waals surface area contributed by atoms with Gasteiger partial charge in [-0.1, -0.05) is 0 Å². The first kappa shape index (κ1) is 15.8. The third-order valence-corrected chi connectivity index (χ3v) is 4.35. The van der Waals surface area contributed by atoms with Gasteiger partial charge >= 0.3 is 6.09 Å². The third-order valence-electron chi connectivity index (χ3n) is 3.23. The lowest BCUT2D eigenvalue weighted by atomic mass is 9.93. The predicted octanol–water partition coefficient (Wildman–Crippen LogP) is 2.31. The van der Waals surface area contributed by atoms with Crippen LogP contribution >= 0.6 is 11.3 Å². The van der Waals surface area contributed by atoms with Crippen LogP contribution in [0.25, 0.3) is 0 Å². The molecule has 6 nitrogen and oxygen atoms in total. The van der Waals surface area contributed by atoms with Gasteiger partial charge in [-0.3, -0.25) is 9.69 Å². The van der Waals surface area contributed by atoms with E-state index in [2.05, 4.69) is 4.98 Å². The SMILES string of the molecule is CC(C)(C)OC(=O)N1Cc2nc(C(N)=O)sc2CC1(C)C. The fourth-order valence-electron chi connectivity index (χ4n) is 2.23. The highest BCUT2D eigenvalue weighted by molar-refractivity contribution is 7.13. The van der Waals surface area contributed by atoms with Crippen LogP contribution in [0.1, 0.15) is 55.0 Å². The third kappa shape index (κ3) is 3.34. The Balaban J connectivity index is 2.28. The molecule has 1 aliphatic rings. The molecule has 2 amide bonds. The molecule has 2 N–H and O–H groups in total. The van der Waals surface area contributed by atoms with Crippen LogP contribution in [0, 0.1) is 0 Å². The van der Waals surface area contributed by atoms with Gasteiger partial charge in [-0.25, -0.2) is 9.78 Å². The molecule has 0 saturated carbocycles. The van der Waals surface area contributed by atoms with Crippen molar-refractivity contribution in [1.29, 1.82) is 0 Å². The molecular formula is C14H21N3O3S. The van der Waals surface area contributed by atoms with Gasteiger partial charge in [-0.15, -0.1) is 11.3 Å². The molecule has 0 saturated heterocycles. The molecule has 0 atom stereocenters. The number of primary amides is 1. The summed E-state index contributed by atoms with van der Waals surface area (Å²) in [5.74, 6) is -0.531. The van der Waals surface area contributed by atoms with Gasteiger partial charge in [0.25, 0.3) is 5.91 Å². The van der Waals surface area contributed by atoms with Crippen molar-refractivity contribution in [3.8, 4) is 0 Å². The van der Waals surface area contributed by atoms with Gasteiger partial charge in [0, 0.05) is 16.8 Å². The van der Waals surface area contributed by atoms with Gasteiger partial charge in [0.1, 0.15) is 5.60 Å². The normalized spacial score (nSPS) is 17.3. The van der Waals surface area contributed by atoms with Crippen molar-refractivity contribution >= 4 is 23.3 Å². The summed E-state index contributed by atoms with van der Waals surface area (Å²) in [6.45, 7) is 9.79. The summed E-state index contributed by atoms with van der Waals surface area (Å²) in [7, 11) is 0. The zero-order chi connectivity index (χ0) is 16.0. The number of amides is 2. The Morgan fingerprint density at radius 2 is 2.00 bits per heavy atom. The Morgan fingerprint density at radius 3 is 2.52 bits per heavy atom. The summed E-state index contributed by atoms with van der Waals surface area (Å²) < 4.78 is 5.45. The molecule has 1 aromatic rings. The Hall–Kier alpha value is -1.63. The molecule has 1 aromatic heterocycles. The lowest BCUT2D eigenvalue weighted by molar-refractivity contribution is -0.00269. The van der Waals surface area contributed by atoms with Crippen molar-refractivity contribution in [1.82, 2.24) is 9.88 Å². The van der Waals surface area contributed by atoms with Crippen LogP contribution in [0.5, 0.6) is 0 Å². The molecular weight excluding hydrogens is 290 g/mol. The Kier molecular flexibility index (Phi) is 3.73. The van der Waals surface area contributed by atoms with Crippen molar-refractivity contribution in [2.24, 2.45) is 5.73 Å². The molecule has 0 aromatic carbocycles. The number of hydrogen-bond donors (Lipinski definition) is 1. The Bertz CT molecular complexity index is 587. The number of thiazole rings is 1. The van der Waals surface area contributed by atoms with Crippen molar-refractivity contribution in [2.75, 3.05) is 0 Å². The van der Waals surface area contributed by atoms with Crippen LogP contribution in [0.2, 0.25) is 0 Å². The number of nitrogens with zero attached hydrogens (tertiary/aromatic N) is 2. The van der Waals surface area contributed by atoms with E-state index in [9.17, 15) is 9.59 Å². The first-order valence-electron chi connectivity index (χ1n) is 6.78. The first-order chi connectivity index (χ1) is 9.49. The van der Waals surface area contributed by atoms with E-state index < -0.39 is 17.0 Å². The highest BCUT2D eigenvalue weighted by Gasteiger charge is 2.40. The van der Waals surface area contributed by atoms with E-state index in [4.69, 9.17) is 10.5 Å². The van der Waals surface area contributed by atoms with Crippen LogP contribution in [-0.2, 0) is 17.7 Å². The average molecular weight is 311 g/mol. The number of carbonyl (C=O) groups is 2. The standard InChI is InChI=1S/C14H21N3O3S/c1-13(2,3)20-12(19)17-7-8-9(6-14(17,4)5)21-11(16-8)10(15)18/h6-7H2,1-5H3,(H2,15,18). The quantitative estimate of drug-likeness (QED) is 0.862. The van der Waals surface area contributed by atoms with Gasteiger partial charge in [-0.2, -0.15) is 0 Å². The molecule has 116 valence electrons. The Morgan fingerprint density at radius 1 is 1.38 bits per heavy atom. The van der Waals surface area contributed by atoms with Crippen LogP contribution in [0.3, 0.4) is 0 Å². The van der Waals surface area contributed by atoms with E-state index >= 15 is 0 Å². The highest BCUT2D eigenvalue weighted by atomic mass is 32.1. The number of hydrogen-bond acceptors (Lipinski definition) is 5. The predicted molar refractivity (Wildman–Crippen MR) is 80.2 cm³/mol. The maximum Gasteiger partial charge on any atom is 0.411 e. The maximum atomic E-state index is 12.4. The largest absolute Gasteiger partial charge is 0.444 e. The van der Waals surface area contributed by atoms with Crippen molar-refractivity contribution in [2.45, 2.75) is 58.7 Å². The number of fused-ring (bicyclic) bond motifs is 1. The molecule has 0 unspecified atom stereocenters. The zero-order valence-electron chi connectivity index (χ0n) is 13.0. The lowest BCUT2D eigenvalue weighted by Gasteiger charge is -2.41. The number of carbonyl (C=O) groups excluding carboxylic acids is 2. The van der Waals surface area contributed by atoms with Crippen LogP contribution in [0.4, 0.5) is 4.79 Å². The first-order valence-corrected chi connectivity index (χ1v) is 7.60. The molecule has 0 aliphatic carbocycles.